The van der Waals surface area contributed by atoms with Crippen LogP contribution in [0.2, 0.25) is 0 Å². The molecule has 82 valence electrons. The van der Waals surface area contributed by atoms with Crippen LogP contribution in [0.25, 0.3) is 16.8 Å². The van der Waals surface area contributed by atoms with Gasteiger partial charge in [-0.3, -0.25) is 0 Å². The summed E-state index contributed by atoms with van der Waals surface area (Å²) >= 11 is 5.60. The molecular weight excluding hydrogens is 220 g/mol. The molecule has 0 heterocycles. The molecule has 2 aromatic rings. The van der Waals surface area contributed by atoms with E-state index in [4.69, 9.17) is 11.6 Å². The average Bonchev–Trinajstić information content (AvgIpc) is 2.29. The molecule has 1 N–H and O–H groups in total. The van der Waals surface area contributed by atoms with Gasteiger partial charge in [-0.25, -0.2) is 0 Å². The molecule has 0 saturated carbocycles. The maximum Gasteiger partial charge on any atom is 0.116 e. The van der Waals surface area contributed by atoms with E-state index in [-0.39, 0.29) is 0 Å². The van der Waals surface area contributed by atoms with Crippen LogP contribution in [-0.2, 0) is 0 Å². The highest BCUT2D eigenvalue weighted by Gasteiger charge is 1.95. The van der Waals surface area contributed by atoms with E-state index in [1.807, 2.05) is 12.1 Å². The van der Waals surface area contributed by atoms with Gasteiger partial charge in [-0.1, -0.05) is 30.4 Å². The van der Waals surface area contributed by atoms with Gasteiger partial charge < -0.3 is 5.11 Å². The number of hydrogen-bond donors (Lipinski definition) is 1. The van der Waals surface area contributed by atoms with Crippen molar-refractivity contribution in [1.29, 1.82) is 0 Å². The van der Waals surface area contributed by atoms with Crippen LogP contribution in [0, 0.1) is 0 Å². The molecule has 0 amide bonds. The van der Waals surface area contributed by atoms with Gasteiger partial charge in [0.05, 0.1) is 0 Å². The van der Waals surface area contributed by atoms with Crippen molar-refractivity contribution in [3.63, 3.8) is 0 Å². The topological polar surface area (TPSA) is 20.2 Å². The summed E-state index contributed by atoms with van der Waals surface area (Å²) in [5, 5.41) is 11.6. The highest BCUT2D eigenvalue weighted by atomic mass is 35.5. The molecule has 0 fully saturated rings. The quantitative estimate of drug-likeness (QED) is 0.787. The van der Waals surface area contributed by atoms with Gasteiger partial charge in [0.25, 0.3) is 0 Å². The van der Waals surface area contributed by atoms with Gasteiger partial charge in [0.1, 0.15) is 5.75 Å². The number of benzene rings is 2. The van der Waals surface area contributed by atoms with Crippen molar-refractivity contribution in [3.8, 4) is 5.75 Å². The van der Waals surface area contributed by atoms with E-state index in [0.29, 0.717) is 11.6 Å². The zero-order chi connectivity index (χ0) is 11.4. The fourth-order valence-corrected chi connectivity index (χ4v) is 1.76. The molecule has 0 bridgehead atoms. The van der Waals surface area contributed by atoms with Crippen molar-refractivity contribution in [3.05, 3.63) is 48.0 Å². The van der Waals surface area contributed by atoms with E-state index in [2.05, 4.69) is 24.3 Å². The minimum atomic E-state index is 0.300. The summed E-state index contributed by atoms with van der Waals surface area (Å²) in [6.07, 6.45) is 4.97. The number of phenols is 1. The monoisotopic (exact) mass is 232 g/mol. The molecule has 16 heavy (non-hydrogen) atoms. The van der Waals surface area contributed by atoms with Gasteiger partial charge in [-0.15, -0.1) is 11.6 Å². The minimum absolute atomic E-state index is 0.300. The minimum Gasteiger partial charge on any atom is -0.508 e. The number of rotatable bonds is 3. The van der Waals surface area contributed by atoms with Gasteiger partial charge in [-0.05, 0) is 41.0 Å². The molecule has 0 unspecified atom stereocenters. The molecule has 0 saturated heterocycles. The maximum absolute atomic E-state index is 9.40. The standard InChI is InChI=1S/C14H13ClO/c15-8-2-1-3-11-4-5-12-6-7-14(16)10-13(12)9-11/h1,3-7,9-10,16H,2,8H2. The van der Waals surface area contributed by atoms with Crippen molar-refractivity contribution >= 4 is 28.4 Å². The Bertz CT molecular complexity index is 517. The summed E-state index contributed by atoms with van der Waals surface area (Å²) in [5.74, 6) is 0.944. The van der Waals surface area contributed by atoms with Crippen LogP contribution in [0.3, 0.4) is 0 Å². The summed E-state index contributed by atoms with van der Waals surface area (Å²) in [4.78, 5) is 0. The number of fused-ring (bicyclic) bond motifs is 1. The average molecular weight is 233 g/mol. The molecule has 2 aromatic carbocycles. The Hall–Kier alpha value is -1.47. The van der Waals surface area contributed by atoms with E-state index in [1.165, 1.54) is 0 Å². The molecule has 1 nitrogen and oxygen atoms in total. The maximum atomic E-state index is 9.40. The molecule has 2 heteroatoms. The lowest BCUT2D eigenvalue weighted by Crippen LogP contribution is -1.76. The van der Waals surface area contributed by atoms with Gasteiger partial charge in [-0.2, -0.15) is 0 Å². The second-order valence-electron chi connectivity index (χ2n) is 3.67. The highest BCUT2D eigenvalue weighted by molar-refractivity contribution is 6.17. The first-order valence-corrected chi connectivity index (χ1v) is 5.78. The Morgan fingerprint density at radius 1 is 1.06 bits per heavy atom. The van der Waals surface area contributed by atoms with Gasteiger partial charge in [0.2, 0.25) is 0 Å². The normalized spacial score (nSPS) is 11.3. The van der Waals surface area contributed by atoms with Crippen molar-refractivity contribution in [1.82, 2.24) is 0 Å². The number of allylic oxidation sites excluding steroid dienone is 1. The summed E-state index contributed by atoms with van der Waals surface area (Å²) in [5.41, 5.74) is 1.13. The summed E-state index contributed by atoms with van der Waals surface area (Å²) < 4.78 is 0. The molecule has 0 spiro atoms. The van der Waals surface area contributed by atoms with E-state index in [9.17, 15) is 5.11 Å². The molecule has 0 aliphatic heterocycles. The lowest BCUT2D eigenvalue weighted by Gasteiger charge is -2.00. The van der Waals surface area contributed by atoms with Gasteiger partial charge in [0.15, 0.2) is 0 Å². The number of halogens is 1. The lowest BCUT2D eigenvalue weighted by molar-refractivity contribution is 0.476. The fraction of sp³-hybridized carbons (Fsp3) is 0.143. The van der Waals surface area contributed by atoms with E-state index >= 15 is 0 Å². The van der Waals surface area contributed by atoms with Crippen molar-refractivity contribution < 1.29 is 5.11 Å². The predicted octanol–water partition coefficient (Wildman–Crippen LogP) is 4.19. The number of alkyl halides is 1. The molecule has 0 radical (unpaired) electrons. The number of hydrogen-bond acceptors (Lipinski definition) is 1. The first-order chi connectivity index (χ1) is 7.79. The van der Waals surface area contributed by atoms with Crippen molar-refractivity contribution in [2.45, 2.75) is 6.42 Å². The molecule has 0 aliphatic rings. The van der Waals surface area contributed by atoms with Crippen molar-refractivity contribution in [2.24, 2.45) is 0 Å². The Balaban J connectivity index is 2.35. The second-order valence-corrected chi connectivity index (χ2v) is 4.05. The third-order valence-electron chi connectivity index (χ3n) is 2.43. The molecule has 0 aromatic heterocycles. The largest absolute Gasteiger partial charge is 0.508 e. The SMILES string of the molecule is Oc1ccc2ccc(C=CCCCl)cc2c1. The Morgan fingerprint density at radius 2 is 1.88 bits per heavy atom. The zero-order valence-electron chi connectivity index (χ0n) is 8.86. The van der Waals surface area contributed by atoms with Crippen LogP contribution in [0.4, 0.5) is 0 Å². The molecule has 0 aliphatic carbocycles. The zero-order valence-corrected chi connectivity index (χ0v) is 9.61. The van der Waals surface area contributed by atoms with Crippen LogP contribution in [-0.4, -0.2) is 11.0 Å². The second kappa shape index (κ2) is 5.04. The number of aromatic hydroxyl groups is 1. The molecule has 2 rings (SSSR count). The lowest BCUT2D eigenvalue weighted by atomic mass is 10.1. The van der Waals surface area contributed by atoms with E-state index < -0.39 is 0 Å². The van der Waals surface area contributed by atoms with Gasteiger partial charge >= 0.3 is 0 Å². The molecule has 0 atom stereocenters. The first-order valence-electron chi connectivity index (χ1n) is 5.25. The summed E-state index contributed by atoms with van der Waals surface area (Å²) in [6, 6.07) is 11.6. The van der Waals surface area contributed by atoms with Crippen LogP contribution < -0.4 is 0 Å². The first kappa shape index (κ1) is 11.0. The van der Waals surface area contributed by atoms with E-state index in [0.717, 1.165) is 22.8 Å². The Labute approximate surface area is 100.0 Å². The van der Waals surface area contributed by atoms with Crippen LogP contribution in [0.5, 0.6) is 5.75 Å². The Kier molecular flexibility index (Phi) is 3.47. The number of phenolic OH excluding ortho intramolecular Hbond substituents is 1. The third kappa shape index (κ3) is 2.56. The highest BCUT2D eigenvalue weighted by Crippen LogP contribution is 2.21. The van der Waals surface area contributed by atoms with Gasteiger partial charge in [0, 0.05) is 5.88 Å². The third-order valence-corrected chi connectivity index (χ3v) is 2.65. The van der Waals surface area contributed by atoms with Crippen molar-refractivity contribution in [2.75, 3.05) is 5.88 Å². The smallest absolute Gasteiger partial charge is 0.116 e. The van der Waals surface area contributed by atoms with Crippen LogP contribution in [0.1, 0.15) is 12.0 Å². The van der Waals surface area contributed by atoms with E-state index in [1.54, 1.807) is 12.1 Å². The Morgan fingerprint density at radius 3 is 2.69 bits per heavy atom. The molecular formula is C14H13ClO. The predicted molar refractivity (Wildman–Crippen MR) is 70.0 cm³/mol. The van der Waals surface area contributed by atoms with Crippen LogP contribution >= 0.6 is 11.6 Å². The summed E-state index contributed by atoms with van der Waals surface area (Å²) in [7, 11) is 0. The summed E-state index contributed by atoms with van der Waals surface area (Å²) in [6.45, 7) is 0. The fourth-order valence-electron chi connectivity index (χ4n) is 1.64. The van der Waals surface area contributed by atoms with Crippen LogP contribution in [0.15, 0.2) is 42.5 Å².